The molecule has 2 aromatic rings. The number of hydrogen-bond acceptors (Lipinski definition) is 2. The molecule has 2 aromatic carbocycles. The molecule has 6 heteroatoms. The first-order valence-electron chi connectivity index (χ1n) is 5.13. The van der Waals surface area contributed by atoms with Gasteiger partial charge < -0.3 is 9.84 Å². The zero-order chi connectivity index (χ0) is 14.0. The van der Waals surface area contributed by atoms with E-state index in [-0.39, 0.29) is 17.1 Å². The number of carboxylic acid groups (broad SMARTS) is 1. The van der Waals surface area contributed by atoms with Crippen molar-refractivity contribution in [3.8, 4) is 11.5 Å². The lowest BCUT2D eigenvalue weighted by atomic mass is 10.2. The number of benzene rings is 2. The molecule has 3 nitrogen and oxygen atoms in total. The van der Waals surface area contributed by atoms with Crippen LogP contribution in [0.15, 0.2) is 40.9 Å². The van der Waals surface area contributed by atoms with Gasteiger partial charge in [0.15, 0.2) is 11.6 Å². The monoisotopic (exact) mass is 328 g/mol. The molecule has 0 heterocycles. The van der Waals surface area contributed by atoms with Gasteiger partial charge in [0, 0.05) is 10.5 Å². The lowest BCUT2D eigenvalue weighted by molar-refractivity contribution is 0.0696. The van der Waals surface area contributed by atoms with Crippen molar-refractivity contribution in [2.75, 3.05) is 0 Å². The van der Waals surface area contributed by atoms with Gasteiger partial charge in [0.1, 0.15) is 11.6 Å². The van der Waals surface area contributed by atoms with Crippen LogP contribution in [0.4, 0.5) is 8.78 Å². The fourth-order valence-corrected chi connectivity index (χ4v) is 1.95. The maximum absolute atomic E-state index is 13.4. The van der Waals surface area contributed by atoms with Crippen molar-refractivity contribution in [3.63, 3.8) is 0 Å². The third-order valence-electron chi connectivity index (χ3n) is 2.29. The van der Waals surface area contributed by atoms with E-state index in [1.807, 2.05) is 0 Å². The van der Waals surface area contributed by atoms with Crippen molar-refractivity contribution in [2.24, 2.45) is 0 Å². The zero-order valence-corrected chi connectivity index (χ0v) is 10.9. The Labute approximate surface area is 115 Å². The highest BCUT2D eigenvalue weighted by molar-refractivity contribution is 9.10. The van der Waals surface area contributed by atoms with Gasteiger partial charge in [0.05, 0.1) is 5.56 Å². The molecule has 0 unspecified atom stereocenters. The molecule has 0 fully saturated rings. The summed E-state index contributed by atoms with van der Waals surface area (Å²) in [6.45, 7) is 0. The van der Waals surface area contributed by atoms with E-state index >= 15 is 0 Å². The van der Waals surface area contributed by atoms with E-state index in [1.165, 1.54) is 18.2 Å². The molecular formula is C13H7BrF2O3. The van der Waals surface area contributed by atoms with Crippen molar-refractivity contribution in [2.45, 2.75) is 0 Å². The summed E-state index contributed by atoms with van der Waals surface area (Å²) >= 11 is 3.08. The second-order valence-electron chi connectivity index (χ2n) is 3.62. The van der Waals surface area contributed by atoms with Crippen molar-refractivity contribution in [1.82, 2.24) is 0 Å². The molecule has 19 heavy (non-hydrogen) atoms. The van der Waals surface area contributed by atoms with Crippen LogP contribution in [0.5, 0.6) is 11.5 Å². The standard InChI is InChI=1S/C13H7BrF2O3/c14-10-6-8(2-3-9(10)13(17)18)19-12-4-1-7(15)5-11(12)16/h1-6H,(H,17,18). The molecule has 0 aliphatic heterocycles. The van der Waals surface area contributed by atoms with E-state index in [0.717, 1.165) is 12.1 Å². The summed E-state index contributed by atoms with van der Waals surface area (Å²) in [4.78, 5) is 10.8. The van der Waals surface area contributed by atoms with E-state index in [9.17, 15) is 13.6 Å². The van der Waals surface area contributed by atoms with Crippen LogP contribution in [0, 0.1) is 11.6 Å². The van der Waals surface area contributed by atoms with Gasteiger partial charge in [-0.05, 0) is 46.3 Å². The highest BCUT2D eigenvalue weighted by Gasteiger charge is 2.11. The van der Waals surface area contributed by atoms with Crippen molar-refractivity contribution in [1.29, 1.82) is 0 Å². The van der Waals surface area contributed by atoms with Crippen LogP contribution >= 0.6 is 15.9 Å². The van der Waals surface area contributed by atoms with Gasteiger partial charge in [-0.2, -0.15) is 0 Å². The molecule has 0 aromatic heterocycles. The van der Waals surface area contributed by atoms with Crippen LogP contribution in [0.3, 0.4) is 0 Å². The quantitative estimate of drug-likeness (QED) is 0.917. The van der Waals surface area contributed by atoms with Crippen molar-refractivity contribution in [3.05, 3.63) is 58.1 Å². The Morgan fingerprint density at radius 1 is 1.16 bits per heavy atom. The van der Waals surface area contributed by atoms with Gasteiger partial charge in [-0.3, -0.25) is 0 Å². The van der Waals surface area contributed by atoms with Crippen molar-refractivity contribution < 1.29 is 23.4 Å². The lowest BCUT2D eigenvalue weighted by Gasteiger charge is -2.08. The second-order valence-corrected chi connectivity index (χ2v) is 4.48. The summed E-state index contributed by atoms with van der Waals surface area (Å²) in [5, 5.41) is 8.85. The van der Waals surface area contributed by atoms with Gasteiger partial charge in [-0.25, -0.2) is 13.6 Å². The van der Waals surface area contributed by atoms with Gasteiger partial charge in [0.25, 0.3) is 0 Å². The van der Waals surface area contributed by atoms with Gasteiger partial charge in [0.2, 0.25) is 0 Å². The average molecular weight is 329 g/mol. The molecule has 0 aliphatic rings. The van der Waals surface area contributed by atoms with Gasteiger partial charge >= 0.3 is 5.97 Å². The molecule has 0 bridgehead atoms. The zero-order valence-electron chi connectivity index (χ0n) is 9.36. The Balaban J connectivity index is 2.29. The summed E-state index contributed by atoms with van der Waals surface area (Å²) < 4.78 is 31.6. The SMILES string of the molecule is O=C(O)c1ccc(Oc2ccc(F)cc2F)cc1Br. The Hall–Kier alpha value is -1.95. The third kappa shape index (κ3) is 3.08. The summed E-state index contributed by atoms with van der Waals surface area (Å²) in [7, 11) is 0. The van der Waals surface area contributed by atoms with Crippen LogP contribution in [0.25, 0.3) is 0 Å². The fourth-order valence-electron chi connectivity index (χ4n) is 1.42. The van der Waals surface area contributed by atoms with Crippen LogP contribution < -0.4 is 4.74 Å². The highest BCUT2D eigenvalue weighted by Crippen LogP contribution is 2.28. The van der Waals surface area contributed by atoms with E-state index < -0.39 is 17.6 Å². The fraction of sp³-hybridized carbons (Fsp3) is 0. The normalized spacial score (nSPS) is 10.3. The number of carboxylic acids is 1. The molecule has 0 saturated heterocycles. The Morgan fingerprint density at radius 3 is 2.47 bits per heavy atom. The number of ether oxygens (including phenoxy) is 1. The number of rotatable bonds is 3. The topological polar surface area (TPSA) is 46.5 Å². The molecular weight excluding hydrogens is 322 g/mol. The first-order valence-corrected chi connectivity index (χ1v) is 5.92. The predicted molar refractivity (Wildman–Crippen MR) is 67.5 cm³/mol. The minimum Gasteiger partial charge on any atom is -0.478 e. The van der Waals surface area contributed by atoms with Crippen LogP contribution in [-0.2, 0) is 0 Å². The maximum Gasteiger partial charge on any atom is 0.336 e. The van der Waals surface area contributed by atoms with Gasteiger partial charge in [-0.1, -0.05) is 0 Å². The smallest absolute Gasteiger partial charge is 0.336 e. The molecule has 0 amide bonds. The molecule has 0 radical (unpaired) electrons. The van der Waals surface area contributed by atoms with E-state index in [1.54, 1.807) is 0 Å². The molecule has 0 atom stereocenters. The highest BCUT2D eigenvalue weighted by atomic mass is 79.9. The summed E-state index contributed by atoms with van der Waals surface area (Å²) in [5.74, 6) is -2.53. The molecule has 0 spiro atoms. The van der Waals surface area contributed by atoms with Gasteiger partial charge in [-0.15, -0.1) is 0 Å². The summed E-state index contributed by atoms with van der Waals surface area (Å²) in [6, 6.07) is 7.03. The lowest BCUT2D eigenvalue weighted by Crippen LogP contribution is -1.98. The number of hydrogen-bond donors (Lipinski definition) is 1. The first-order chi connectivity index (χ1) is 8.97. The van der Waals surface area contributed by atoms with E-state index in [2.05, 4.69) is 15.9 Å². The number of halogens is 3. The maximum atomic E-state index is 13.4. The number of aromatic carboxylic acids is 1. The molecule has 0 aliphatic carbocycles. The third-order valence-corrected chi connectivity index (χ3v) is 2.95. The van der Waals surface area contributed by atoms with E-state index in [4.69, 9.17) is 9.84 Å². The van der Waals surface area contributed by atoms with Crippen LogP contribution in [0.2, 0.25) is 0 Å². The second kappa shape index (κ2) is 5.36. The van der Waals surface area contributed by atoms with E-state index in [0.29, 0.717) is 10.5 Å². The van der Waals surface area contributed by atoms with Crippen LogP contribution in [-0.4, -0.2) is 11.1 Å². The average Bonchev–Trinajstić information content (AvgIpc) is 2.32. The van der Waals surface area contributed by atoms with Crippen molar-refractivity contribution >= 4 is 21.9 Å². The Morgan fingerprint density at radius 2 is 1.89 bits per heavy atom. The minimum atomic E-state index is -1.09. The summed E-state index contributed by atoms with van der Waals surface area (Å²) in [5.41, 5.74) is 0.0620. The largest absolute Gasteiger partial charge is 0.478 e. The molecule has 2 rings (SSSR count). The van der Waals surface area contributed by atoms with Crippen LogP contribution in [0.1, 0.15) is 10.4 Å². The Kier molecular flexibility index (Phi) is 3.80. The first kappa shape index (κ1) is 13.5. The summed E-state index contributed by atoms with van der Waals surface area (Å²) in [6.07, 6.45) is 0. The molecule has 0 saturated carbocycles. The predicted octanol–water partition coefficient (Wildman–Crippen LogP) is 4.22. The Bertz CT molecular complexity index is 644. The number of carbonyl (C=O) groups is 1. The molecule has 1 N–H and O–H groups in total. The molecule has 98 valence electrons. The minimum absolute atomic E-state index is 0.0620.